The lowest BCUT2D eigenvalue weighted by molar-refractivity contribution is -0.129. The standard InChI is InChI=1S/C28H33NO5S.C2H3N/c1-21(2)34-24-11-6-8-22(18-24)19-27(30)29-16-14-28(20-29,15-17-33-35(3,31)32)26-13-7-10-23-9-4-5-12-25(23)26;1-2-3/h4-13,18,21H,14-17,19-20H2,1-3H3;1H3/t28-;/m1./s1. The van der Waals surface area contributed by atoms with E-state index in [1.807, 2.05) is 61.2 Å². The van der Waals surface area contributed by atoms with Crippen molar-refractivity contribution in [2.24, 2.45) is 0 Å². The third-order valence-electron chi connectivity index (χ3n) is 6.57. The Kier molecular flexibility index (Phi) is 9.90. The van der Waals surface area contributed by atoms with Crippen LogP contribution in [0.2, 0.25) is 0 Å². The Bertz CT molecular complexity index is 1390. The van der Waals surface area contributed by atoms with Crippen LogP contribution in [0.1, 0.15) is 44.7 Å². The Hall–Kier alpha value is -3.41. The van der Waals surface area contributed by atoms with Gasteiger partial charge >= 0.3 is 0 Å². The monoisotopic (exact) mass is 536 g/mol. The molecule has 7 nitrogen and oxygen atoms in total. The number of likely N-dealkylation sites (tertiary alicyclic amines) is 1. The zero-order chi connectivity index (χ0) is 27.8. The lowest BCUT2D eigenvalue weighted by Gasteiger charge is -2.31. The molecule has 38 heavy (non-hydrogen) atoms. The van der Waals surface area contributed by atoms with Crippen molar-refractivity contribution in [3.05, 3.63) is 77.9 Å². The average Bonchev–Trinajstić information content (AvgIpc) is 3.29. The van der Waals surface area contributed by atoms with Gasteiger partial charge < -0.3 is 9.64 Å². The van der Waals surface area contributed by atoms with Gasteiger partial charge in [-0.2, -0.15) is 13.7 Å². The van der Waals surface area contributed by atoms with Crippen LogP contribution in [0, 0.1) is 11.3 Å². The van der Waals surface area contributed by atoms with Gasteiger partial charge in [-0.1, -0.05) is 54.6 Å². The summed E-state index contributed by atoms with van der Waals surface area (Å²) < 4.78 is 34.2. The third kappa shape index (κ3) is 7.80. The van der Waals surface area contributed by atoms with E-state index in [1.54, 1.807) is 6.07 Å². The molecule has 0 bridgehead atoms. The third-order valence-corrected chi connectivity index (χ3v) is 7.17. The summed E-state index contributed by atoms with van der Waals surface area (Å²) in [6.07, 6.45) is 2.68. The molecule has 1 aliphatic heterocycles. The van der Waals surface area contributed by atoms with Gasteiger partial charge in [-0.15, -0.1) is 0 Å². The normalized spacial score (nSPS) is 17.1. The molecule has 1 heterocycles. The quantitative estimate of drug-likeness (QED) is 0.347. The van der Waals surface area contributed by atoms with Gasteiger partial charge in [0.2, 0.25) is 5.91 Å². The minimum absolute atomic E-state index is 0.0536. The number of amides is 1. The molecular formula is C30H36N2O5S. The fourth-order valence-electron chi connectivity index (χ4n) is 5.01. The van der Waals surface area contributed by atoms with Gasteiger partial charge in [0.15, 0.2) is 0 Å². The second kappa shape index (κ2) is 12.9. The number of carbonyl (C=O) groups excluding carboxylic acids is 1. The van der Waals surface area contributed by atoms with Crippen molar-refractivity contribution in [1.82, 2.24) is 4.90 Å². The van der Waals surface area contributed by atoms with Crippen LogP contribution in [0.25, 0.3) is 10.8 Å². The molecule has 3 aromatic carbocycles. The van der Waals surface area contributed by atoms with Gasteiger partial charge in [-0.3, -0.25) is 8.98 Å². The minimum Gasteiger partial charge on any atom is -0.491 e. The molecule has 3 aromatic rings. The fourth-order valence-corrected chi connectivity index (χ4v) is 5.39. The first-order valence-corrected chi connectivity index (χ1v) is 14.6. The highest BCUT2D eigenvalue weighted by atomic mass is 32.2. The molecule has 1 fully saturated rings. The van der Waals surface area contributed by atoms with Crippen molar-refractivity contribution in [3.63, 3.8) is 0 Å². The Morgan fingerprint density at radius 1 is 1.11 bits per heavy atom. The van der Waals surface area contributed by atoms with E-state index in [2.05, 4.69) is 24.3 Å². The topological polar surface area (TPSA) is 96.7 Å². The number of benzene rings is 3. The van der Waals surface area contributed by atoms with Gasteiger partial charge in [0.05, 0.1) is 31.5 Å². The number of nitrogens with zero attached hydrogens (tertiary/aromatic N) is 2. The molecule has 1 atom stereocenters. The number of hydrogen-bond acceptors (Lipinski definition) is 6. The summed E-state index contributed by atoms with van der Waals surface area (Å²) in [7, 11) is -3.54. The van der Waals surface area contributed by atoms with Gasteiger partial charge in [0.1, 0.15) is 5.75 Å². The van der Waals surface area contributed by atoms with Crippen LogP contribution in [-0.2, 0) is 30.9 Å². The summed E-state index contributed by atoms with van der Waals surface area (Å²) in [5.74, 6) is 0.813. The van der Waals surface area contributed by atoms with Gasteiger partial charge in [-0.25, -0.2) is 0 Å². The molecule has 0 saturated carbocycles. The van der Waals surface area contributed by atoms with E-state index in [0.29, 0.717) is 25.9 Å². The molecule has 0 unspecified atom stereocenters. The van der Waals surface area contributed by atoms with Crippen molar-refractivity contribution >= 4 is 26.8 Å². The van der Waals surface area contributed by atoms with E-state index < -0.39 is 10.1 Å². The molecule has 0 aromatic heterocycles. The summed E-state index contributed by atoms with van der Waals surface area (Å²) in [5, 5.41) is 9.57. The molecule has 1 aliphatic rings. The van der Waals surface area contributed by atoms with Crippen LogP contribution >= 0.6 is 0 Å². The van der Waals surface area contributed by atoms with E-state index in [9.17, 15) is 13.2 Å². The SMILES string of the molecule is CC#N.CC(C)Oc1cccc(CC(=O)N2CC[C@](CCOS(C)(=O)=O)(c3cccc4ccccc34)C2)c1. The second-order valence-corrected chi connectivity index (χ2v) is 11.5. The van der Waals surface area contributed by atoms with Crippen molar-refractivity contribution in [1.29, 1.82) is 5.26 Å². The number of rotatable bonds is 9. The molecule has 0 N–H and O–H groups in total. The lowest BCUT2D eigenvalue weighted by atomic mass is 9.75. The number of fused-ring (bicyclic) bond motifs is 1. The maximum Gasteiger partial charge on any atom is 0.264 e. The van der Waals surface area contributed by atoms with Gasteiger partial charge in [0.25, 0.3) is 10.1 Å². The van der Waals surface area contributed by atoms with Crippen LogP contribution in [0.5, 0.6) is 5.75 Å². The van der Waals surface area contributed by atoms with Crippen LogP contribution < -0.4 is 4.74 Å². The van der Waals surface area contributed by atoms with E-state index in [1.165, 1.54) is 6.92 Å². The Labute approximate surface area is 226 Å². The largest absolute Gasteiger partial charge is 0.491 e. The highest BCUT2D eigenvalue weighted by Crippen LogP contribution is 2.41. The molecule has 4 rings (SSSR count). The first kappa shape index (κ1) is 29.2. The predicted octanol–water partition coefficient (Wildman–Crippen LogP) is 5.24. The smallest absolute Gasteiger partial charge is 0.264 e. The van der Waals surface area contributed by atoms with Crippen LogP contribution in [0.3, 0.4) is 0 Å². The molecule has 0 radical (unpaired) electrons. The molecule has 8 heteroatoms. The first-order chi connectivity index (χ1) is 18.1. The zero-order valence-electron chi connectivity index (χ0n) is 22.5. The maximum atomic E-state index is 13.3. The van der Waals surface area contributed by atoms with Crippen molar-refractivity contribution < 1.29 is 22.1 Å². The number of carbonyl (C=O) groups is 1. The minimum atomic E-state index is -3.54. The maximum absolute atomic E-state index is 13.3. The van der Waals surface area contributed by atoms with Gasteiger partial charge in [0, 0.05) is 25.4 Å². The Morgan fingerprint density at radius 2 is 1.79 bits per heavy atom. The van der Waals surface area contributed by atoms with E-state index in [0.717, 1.165) is 40.3 Å². The Balaban J connectivity index is 0.00000127. The van der Waals surface area contributed by atoms with E-state index in [-0.39, 0.29) is 24.0 Å². The van der Waals surface area contributed by atoms with Crippen molar-refractivity contribution in [2.75, 3.05) is 26.0 Å². The number of nitriles is 1. The Morgan fingerprint density at radius 3 is 2.50 bits per heavy atom. The van der Waals surface area contributed by atoms with Gasteiger partial charge in [-0.05, 0) is 60.7 Å². The molecule has 1 amide bonds. The summed E-state index contributed by atoms with van der Waals surface area (Å²) in [6.45, 7) is 6.60. The average molecular weight is 537 g/mol. The highest BCUT2D eigenvalue weighted by molar-refractivity contribution is 7.85. The summed E-state index contributed by atoms with van der Waals surface area (Å²) in [4.78, 5) is 15.2. The fraction of sp³-hybridized carbons (Fsp3) is 0.400. The van der Waals surface area contributed by atoms with Crippen LogP contribution in [0.4, 0.5) is 0 Å². The first-order valence-electron chi connectivity index (χ1n) is 12.7. The molecule has 202 valence electrons. The van der Waals surface area contributed by atoms with Crippen LogP contribution in [-0.4, -0.2) is 51.3 Å². The van der Waals surface area contributed by atoms with Crippen molar-refractivity contribution in [2.45, 2.75) is 51.6 Å². The molecule has 0 spiro atoms. The van der Waals surface area contributed by atoms with E-state index in [4.69, 9.17) is 14.2 Å². The van der Waals surface area contributed by atoms with Crippen molar-refractivity contribution in [3.8, 4) is 11.8 Å². The summed E-state index contributed by atoms with van der Waals surface area (Å²) in [6, 6.07) is 23.8. The van der Waals surface area contributed by atoms with E-state index >= 15 is 0 Å². The summed E-state index contributed by atoms with van der Waals surface area (Å²) >= 11 is 0. The highest BCUT2D eigenvalue weighted by Gasteiger charge is 2.42. The molecular weight excluding hydrogens is 500 g/mol. The zero-order valence-corrected chi connectivity index (χ0v) is 23.3. The molecule has 1 saturated heterocycles. The molecule has 0 aliphatic carbocycles. The number of ether oxygens (including phenoxy) is 1. The summed E-state index contributed by atoms with van der Waals surface area (Å²) in [5.41, 5.74) is 1.66. The second-order valence-electron chi connectivity index (χ2n) is 9.86. The van der Waals surface area contributed by atoms with Crippen LogP contribution in [0.15, 0.2) is 66.7 Å². The lowest BCUT2D eigenvalue weighted by Crippen LogP contribution is -2.36. The predicted molar refractivity (Wildman–Crippen MR) is 149 cm³/mol. The number of hydrogen-bond donors (Lipinski definition) is 0.